The van der Waals surface area contributed by atoms with Crippen LogP contribution in [0.2, 0.25) is 0 Å². The van der Waals surface area contributed by atoms with Gasteiger partial charge in [0.05, 0.1) is 16.4 Å². The summed E-state index contributed by atoms with van der Waals surface area (Å²) in [6.45, 7) is 9.91. The second kappa shape index (κ2) is 5.39. The Morgan fingerprint density at radius 3 is 2.64 bits per heavy atom. The fraction of sp³-hybridized carbons (Fsp3) is 0.412. The molecular formula is C17H20N2O2S. The summed E-state index contributed by atoms with van der Waals surface area (Å²) in [7, 11) is 0. The van der Waals surface area contributed by atoms with Gasteiger partial charge in [-0.2, -0.15) is 0 Å². The Morgan fingerprint density at radius 2 is 2.05 bits per heavy atom. The summed E-state index contributed by atoms with van der Waals surface area (Å²) < 4.78 is 5.74. The molecule has 0 radical (unpaired) electrons. The Kier molecular flexibility index (Phi) is 3.68. The minimum absolute atomic E-state index is 0.00540. The van der Waals surface area contributed by atoms with E-state index < -0.39 is 6.10 Å². The molecule has 5 heteroatoms. The topological polar surface area (TPSA) is 42.4 Å². The first kappa shape index (κ1) is 15.0. The number of carbonyl (C=O) groups excluding carboxylic acids is 1. The van der Waals surface area contributed by atoms with Crippen molar-refractivity contribution in [1.29, 1.82) is 0 Å². The standard InChI is InChI=1S/C17H20N2O2S/c1-9(2)19-14-8-13(16-11(4)22-12(5)18-16)6-7-15(14)21-10(3)17(19)20/h6-10H,1-5H3. The van der Waals surface area contributed by atoms with Crippen LogP contribution in [0, 0.1) is 13.8 Å². The minimum atomic E-state index is -0.441. The van der Waals surface area contributed by atoms with Crippen LogP contribution in [0.1, 0.15) is 30.7 Å². The van der Waals surface area contributed by atoms with Crippen molar-refractivity contribution in [2.75, 3.05) is 4.90 Å². The number of nitrogens with zero attached hydrogens (tertiary/aromatic N) is 2. The van der Waals surface area contributed by atoms with Gasteiger partial charge >= 0.3 is 0 Å². The number of amides is 1. The van der Waals surface area contributed by atoms with E-state index in [1.165, 1.54) is 4.88 Å². The molecule has 1 amide bonds. The highest BCUT2D eigenvalue weighted by Crippen LogP contribution is 2.39. The zero-order chi connectivity index (χ0) is 16.0. The van der Waals surface area contributed by atoms with Gasteiger partial charge in [0, 0.05) is 16.5 Å². The zero-order valence-corrected chi connectivity index (χ0v) is 14.3. The molecule has 1 atom stereocenters. The summed E-state index contributed by atoms with van der Waals surface area (Å²) in [4.78, 5) is 20.0. The molecule has 2 aromatic rings. The molecule has 1 aromatic heterocycles. The van der Waals surface area contributed by atoms with E-state index in [1.54, 1.807) is 18.3 Å². The first-order valence-corrected chi connectivity index (χ1v) is 8.28. The number of carbonyl (C=O) groups is 1. The lowest BCUT2D eigenvalue weighted by Gasteiger charge is -2.35. The van der Waals surface area contributed by atoms with Crippen molar-refractivity contribution in [1.82, 2.24) is 4.98 Å². The van der Waals surface area contributed by atoms with E-state index in [1.807, 2.05) is 43.9 Å². The lowest BCUT2D eigenvalue weighted by atomic mass is 10.1. The van der Waals surface area contributed by atoms with Crippen molar-refractivity contribution in [3.8, 4) is 17.0 Å². The smallest absolute Gasteiger partial charge is 0.268 e. The van der Waals surface area contributed by atoms with E-state index in [0.717, 1.165) is 27.7 Å². The third kappa shape index (κ3) is 2.39. The van der Waals surface area contributed by atoms with E-state index in [2.05, 4.69) is 11.9 Å². The fourth-order valence-electron chi connectivity index (χ4n) is 2.84. The van der Waals surface area contributed by atoms with Gasteiger partial charge < -0.3 is 9.64 Å². The predicted molar refractivity (Wildman–Crippen MR) is 89.7 cm³/mol. The maximum absolute atomic E-state index is 12.4. The van der Waals surface area contributed by atoms with Gasteiger partial charge in [0.25, 0.3) is 5.91 Å². The first-order valence-electron chi connectivity index (χ1n) is 7.46. The molecule has 1 aliphatic heterocycles. The van der Waals surface area contributed by atoms with Crippen molar-refractivity contribution >= 4 is 22.9 Å². The monoisotopic (exact) mass is 316 g/mol. The lowest BCUT2D eigenvalue weighted by molar-refractivity contribution is -0.125. The van der Waals surface area contributed by atoms with Crippen molar-refractivity contribution in [2.24, 2.45) is 0 Å². The minimum Gasteiger partial charge on any atom is -0.479 e. The molecule has 116 valence electrons. The quantitative estimate of drug-likeness (QED) is 0.842. The van der Waals surface area contributed by atoms with Crippen molar-refractivity contribution in [3.05, 3.63) is 28.1 Å². The van der Waals surface area contributed by atoms with Gasteiger partial charge in [-0.3, -0.25) is 4.79 Å². The number of hydrogen-bond acceptors (Lipinski definition) is 4. The van der Waals surface area contributed by atoms with Crippen LogP contribution in [0.3, 0.4) is 0 Å². The maximum atomic E-state index is 12.4. The SMILES string of the molecule is Cc1nc(-c2ccc3c(c2)N(C(C)C)C(=O)C(C)O3)c(C)s1. The summed E-state index contributed by atoms with van der Waals surface area (Å²) in [6, 6.07) is 6.06. The molecule has 0 saturated heterocycles. The van der Waals surface area contributed by atoms with Gasteiger partial charge in [-0.25, -0.2) is 4.98 Å². The van der Waals surface area contributed by atoms with Crippen LogP contribution in [0.25, 0.3) is 11.3 Å². The number of ether oxygens (including phenoxy) is 1. The Balaban J connectivity index is 2.13. The molecule has 0 N–H and O–H groups in total. The Bertz CT molecular complexity index is 736. The fourth-order valence-corrected chi connectivity index (χ4v) is 3.68. The van der Waals surface area contributed by atoms with Gasteiger partial charge in [0.15, 0.2) is 6.10 Å². The highest BCUT2D eigenvalue weighted by atomic mass is 32.1. The third-order valence-electron chi connectivity index (χ3n) is 3.80. The maximum Gasteiger partial charge on any atom is 0.268 e. The summed E-state index contributed by atoms with van der Waals surface area (Å²) >= 11 is 1.69. The molecular weight excluding hydrogens is 296 g/mol. The van der Waals surface area contributed by atoms with Crippen LogP contribution in [0.15, 0.2) is 18.2 Å². The van der Waals surface area contributed by atoms with Gasteiger partial charge in [-0.1, -0.05) is 0 Å². The van der Waals surface area contributed by atoms with Gasteiger partial charge in [-0.15, -0.1) is 11.3 Å². The largest absolute Gasteiger partial charge is 0.479 e. The van der Waals surface area contributed by atoms with Crippen molar-refractivity contribution in [2.45, 2.75) is 46.8 Å². The highest BCUT2D eigenvalue weighted by molar-refractivity contribution is 7.11. The summed E-state index contributed by atoms with van der Waals surface area (Å²) in [5, 5.41) is 1.05. The number of hydrogen-bond donors (Lipinski definition) is 0. The number of rotatable bonds is 2. The second-order valence-corrected chi connectivity index (χ2v) is 7.29. The summed E-state index contributed by atoms with van der Waals surface area (Å²) in [6.07, 6.45) is -0.441. The molecule has 0 saturated carbocycles. The second-order valence-electron chi connectivity index (χ2n) is 5.88. The molecule has 0 bridgehead atoms. The van der Waals surface area contributed by atoms with Crippen LogP contribution in [0.5, 0.6) is 5.75 Å². The van der Waals surface area contributed by atoms with Crippen molar-refractivity contribution in [3.63, 3.8) is 0 Å². The van der Waals surface area contributed by atoms with Gasteiger partial charge in [-0.05, 0) is 52.8 Å². The first-order chi connectivity index (χ1) is 10.4. The molecule has 1 aromatic carbocycles. The Hall–Kier alpha value is -1.88. The number of aryl methyl sites for hydroxylation is 2. The van der Waals surface area contributed by atoms with Crippen LogP contribution in [0.4, 0.5) is 5.69 Å². The Labute approximate surface area is 134 Å². The molecule has 4 nitrogen and oxygen atoms in total. The molecule has 0 fully saturated rings. The normalized spacial score (nSPS) is 17.6. The van der Waals surface area contributed by atoms with E-state index in [-0.39, 0.29) is 11.9 Å². The van der Waals surface area contributed by atoms with E-state index in [9.17, 15) is 4.79 Å². The van der Waals surface area contributed by atoms with Crippen LogP contribution >= 0.6 is 11.3 Å². The molecule has 1 unspecified atom stereocenters. The molecule has 1 aliphatic rings. The lowest BCUT2D eigenvalue weighted by Crippen LogP contribution is -2.47. The average molecular weight is 316 g/mol. The van der Waals surface area contributed by atoms with E-state index in [0.29, 0.717) is 0 Å². The van der Waals surface area contributed by atoms with Crippen LogP contribution in [-0.2, 0) is 4.79 Å². The van der Waals surface area contributed by atoms with Crippen LogP contribution in [-0.4, -0.2) is 23.0 Å². The molecule has 0 spiro atoms. The highest BCUT2D eigenvalue weighted by Gasteiger charge is 2.33. The van der Waals surface area contributed by atoms with Crippen LogP contribution < -0.4 is 9.64 Å². The molecule has 0 aliphatic carbocycles. The zero-order valence-electron chi connectivity index (χ0n) is 13.5. The molecule has 3 rings (SSSR count). The van der Waals surface area contributed by atoms with E-state index >= 15 is 0 Å². The van der Waals surface area contributed by atoms with Gasteiger partial charge in [0.1, 0.15) is 5.75 Å². The third-order valence-corrected chi connectivity index (χ3v) is 4.69. The summed E-state index contributed by atoms with van der Waals surface area (Å²) in [5.74, 6) is 0.764. The summed E-state index contributed by atoms with van der Waals surface area (Å²) in [5.41, 5.74) is 2.85. The van der Waals surface area contributed by atoms with Gasteiger partial charge in [0.2, 0.25) is 0 Å². The number of thiazole rings is 1. The van der Waals surface area contributed by atoms with Crippen molar-refractivity contribution < 1.29 is 9.53 Å². The molecule has 2 heterocycles. The predicted octanol–water partition coefficient (Wildman–Crippen LogP) is 3.95. The number of anilines is 1. The average Bonchev–Trinajstić information content (AvgIpc) is 2.78. The number of fused-ring (bicyclic) bond motifs is 1. The molecule has 22 heavy (non-hydrogen) atoms. The van der Waals surface area contributed by atoms with E-state index in [4.69, 9.17) is 4.74 Å². The number of aromatic nitrogens is 1. The number of benzene rings is 1. The Morgan fingerprint density at radius 1 is 1.32 bits per heavy atom.